The van der Waals surface area contributed by atoms with Crippen molar-refractivity contribution >= 4 is 34.8 Å². The van der Waals surface area contributed by atoms with Gasteiger partial charge in [-0.2, -0.15) is 0 Å². The van der Waals surface area contributed by atoms with Crippen LogP contribution < -0.4 is 16.4 Å². The summed E-state index contributed by atoms with van der Waals surface area (Å²) >= 11 is 6.08. The van der Waals surface area contributed by atoms with Gasteiger partial charge in [0.25, 0.3) is 0 Å². The number of halogens is 1. The Morgan fingerprint density at radius 2 is 2.00 bits per heavy atom. The highest BCUT2D eigenvalue weighted by Crippen LogP contribution is 2.26. The molecule has 1 fully saturated rings. The average Bonchev–Trinajstić information content (AvgIpc) is 2.50. The Labute approximate surface area is 134 Å². The van der Waals surface area contributed by atoms with Gasteiger partial charge in [-0.15, -0.1) is 0 Å². The second-order valence-corrected chi connectivity index (χ2v) is 5.75. The molecule has 0 radical (unpaired) electrons. The number of carbonyl (C=O) groups excluding carboxylic acids is 2. The van der Waals surface area contributed by atoms with E-state index in [4.69, 9.17) is 22.1 Å². The van der Waals surface area contributed by atoms with E-state index in [1.165, 1.54) is 6.92 Å². The predicted octanol–water partition coefficient (Wildman–Crippen LogP) is 1.99. The summed E-state index contributed by atoms with van der Waals surface area (Å²) in [5.74, 6) is -0.377. The first kappa shape index (κ1) is 16.7. The molecule has 0 bridgehead atoms. The van der Waals surface area contributed by atoms with Crippen LogP contribution in [0.5, 0.6) is 0 Å². The van der Waals surface area contributed by atoms with Crippen molar-refractivity contribution < 1.29 is 14.3 Å². The lowest BCUT2D eigenvalue weighted by Gasteiger charge is -2.26. The van der Waals surface area contributed by atoms with E-state index in [1.807, 2.05) is 0 Å². The van der Waals surface area contributed by atoms with E-state index in [1.54, 1.807) is 18.2 Å². The number of carbonyl (C=O) groups is 2. The van der Waals surface area contributed by atoms with Crippen molar-refractivity contribution in [3.8, 4) is 0 Å². The summed E-state index contributed by atoms with van der Waals surface area (Å²) in [6.45, 7) is 2.67. The molecule has 6 nitrogen and oxygen atoms in total. The van der Waals surface area contributed by atoms with Crippen molar-refractivity contribution in [3.05, 3.63) is 23.2 Å². The van der Waals surface area contributed by atoms with Crippen LogP contribution in [0.15, 0.2) is 18.2 Å². The topological polar surface area (TPSA) is 93.5 Å². The number of nitrogens with one attached hydrogen (secondary N) is 2. The number of rotatable bonds is 4. The van der Waals surface area contributed by atoms with Gasteiger partial charge in [0.1, 0.15) is 0 Å². The minimum atomic E-state index is -0.607. The highest BCUT2D eigenvalue weighted by Gasteiger charge is 2.26. The zero-order valence-corrected chi connectivity index (χ0v) is 13.2. The van der Waals surface area contributed by atoms with E-state index in [0.29, 0.717) is 29.6 Å². The lowest BCUT2D eigenvalue weighted by Crippen LogP contribution is -2.44. The van der Waals surface area contributed by atoms with Gasteiger partial charge < -0.3 is 21.1 Å². The lowest BCUT2D eigenvalue weighted by atomic mass is 9.92. The Balaban J connectivity index is 2.05. The minimum Gasteiger partial charge on any atom is -0.381 e. The summed E-state index contributed by atoms with van der Waals surface area (Å²) in [6.07, 6.45) is 1.54. The zero-order chi connectivity index (χ0) is 16.1. The molecular weight excluding hydrogens is 306 g/mol. The first-order valence-corrected chi connectivity index (χ1v) is 7.56. The fraction of sp³-hybridized carbons (Fsp3) is 0.467. The molecule has 0 aliphatic carbocycles. The van der Waals surface area contributed by atoms with Crippen LogP contribution in [0.3, 0.4) is 0 Å². The monoisotopic (exact) mass is 325 g/mol. The van der Waals surface area contributed by atoms with E-state index in [0.717, 1.165) is 12.8 Å². The molecule has 1 heterocycles. The van der Waals surface area contributed by atoms with Gasteiger partial charge in [-0.3, -0.25) is 9.59 Å². The van der Waals surface area contributed by atoms with Crippen molar-refractivity contribution in [2.45, 2.75) is 25.8 Å². The van der Waals surface area contributed by atoms with Crippen molar-refractivity contribution in [1.82, 2.24) is 0 Å². The third kappa shape index (κ3) is 4.43. The number of benzene rings is 1. The Morgan fingerprint density at radius 1 is 1.32 bits per heavy atom. The number of hydrogen-bond acceptors (Lipinski definition) is 4. The largest absolute Gasteiger partial charge is 0.381 e. The summed E-state index contributed by atoms with van der Waals surface area (Å²) in [5.41, 5.74) is 7.02. The van der Waals surface area contributed by atoms with Crippen LogP contribution in [0.25, 0.3) is 0 Å². The molecule has 0 spiro atoms. The summed E-state index contributed by atoms with van der Waals surface area (Å²) in [7, 11) is 0. The van der Waals surface area contributed by atoms with Crippen molar-refractivity contribution in [2.24, 2.45) is 11.7 Å². The van der Waals surface area contributed by atoms with Gasteiger partial charge in [0.05, 0.1) is 16.8 Å². The van der Waals surface area contributed by atoms with Gasteiger partial charge in [-0.05, 0) is 37.0 Å². The standard InChI is InChI=1S/C15H20ClN3O3/c1-9(20)18-11-2-3-12(16)13(8-11)19-15(21)14(17)10-4-6-22-7-5-10/h2-3,8,10,14H,4-7,17H2,1H3,(H,18,20)(H,19,21). The number of nitrogens with two attached hydrogens (primary N) is 1. The first-order valence-electron chi connectivity index (χ1n) is 7.18. The predicted molar refractivity (Wildman–Crippen MR) is 85.9 cm³/mol. The highest BCUT2D eigenvalue weighted by atomic mass is 35.5. The lowest BCUT2D eigenvalue weighted by molar-refractivity contribution is -0.119. The van der Waals surface area contributed by atoms with Crippen LogP contribution in [0.2, 0.25) is 5.02 Å². The quantitative estimate of drug-likeness (QED) is 0.789. The van der Waals surface area contributed by atoms with Gasteiger partial charge in [0.2, 0.25) is 11.8 Å². The molecule has 1 aliphatic rings. The minimum absolute atomic E-state index is 0.103. The van der Waals surface area contributed by atoms with Gasteiger partial charge in [-0.25, -0.2) is 0 Å². The molecule has 1 aliphatic heterocycles. The summed E-state index contributed by atoms with van der Waals surface area (Å²) in [5, 5.41) is 5.76. The van der Waals surface area contributed by atoms with E-state index < -0.39 is 6.04 Å². The first-order chi connectivity index (χ1) is 10.5. The van der Waals surface area contributed by atoms with Gasteiger partial charge in [0, 0.05) is 25.8 Å². The van der Waals surface area contributed by atoms with Gasteiger partial charge in [0.15, 0.2) is 0 Å². The van der Waals surface area contributed by atoms with Crippen LogP contribution in [-0.2, 0) is 14.3 Å². The van der Waals surface area contributed by atoms with Crippen LogP contribution >= 0.6 is 11.6 Å². The normalized spacial score (nSPS) is 16.9. The van der Waals surface area contributed by atoms with Gasteiger partial charge >= 0.3 is 0 Å². The second kappa shape index (κ2) is 7.58. The van der Waals surface area contributed by atoms with Crippen LogP contribution in [0.1, 0.15) is 19.8 Å². The molecule has 7 heteroatoms. The van der Waals surface area contributed by atoms with E-state index >= 15 is 0 Å². The average molecular weight is 326 g/mol. The zero-order valence-electron chi connectivity index (χ0n) is 12.4. The van der Waals surface area contributed by atoms with Crippen molar-refractivity contribution in [1.29, 1.82) is 0 Å². The van der Waals surface area contributed by atoms with Gasteiger partial charge in [-0.1, -0.05) is 11.6 Å². The molecule has 2 amide bonds. The fourth-order valence-corrected chi connectivity index (χ4v) is 2.57. The third-order valence-electron chi connectivity index (χ3n) is 3.62. The molecule has 22 heavy (non-hydrogen) atoms. The molecule has 1 atom stereocenters. The van der Waals surface area contributed by atoms with E-state index in [-0.39, 0.29) is 17.7 Å². The Morgan fingerprint density at radius 3 is 2.64 bits per heavy atom. The molecule has 2 rings (SSSR count). The summed E-state index contributed by atoms with van der Waals surface area (Å²) in [4.78, 5) is 23.4. The highest BCUT2D eigenvalue weighted by molar-refractivity contribution is 6.34. The van der Waals surface area contributed by atoms with Crippen LogP contribution in [-0.4, -0.2) is 31.1 Å². The molecule has 1 saturated heterocycles. The smallest absolute Gasteiger partial charge is 0.241 e. The Bertz CT molecular complexity index is 559. The van der Waals surface area contributed by atoms with E-state index in [2.05, 4.69) is 10.6 Å². The number of hydrogen-bond donors (Lipinski definition) is 3. The number of amides is 2. The summed E-state index contributed by atoms with van der Waals surface area (Å²) in [6, 6.07) is 4.28. The molecule has 1 unspecified atom stereocenters. The maximum Gasteiger partial charge on any atom is 0.241 e. The molecular formula is C15H20ClN3O3. The molecule has 4 N–H and O–H groups in total. The maximum absolute atomic E-state index is 12.3. The molecule has 0 aromatic heterocycles. The van der Waals surface area contributed by atoms with E-state index in [9.17, 15) is 9.59 Å². The fourth-order valence-electron chi connectivity index (χ4n) is 2.41. The Hall–Kier alpha value is -1.63. The molecule has 1 aromatic rings. The van der Waals surface area contributed by atoms with Crippen molar-refractivity contribution in [3.63, 3.8) is 0 Å². The molecule has 0 saturated carbocycles. The van der Waals surface area contributed by atoms with Crippen LogP contribution in [0.4, 0.5) is 11.4 Å². The Kier molecular flexibility index (Phi) is 5.76. The third-order valence-corrected chi connectivity index (χ3v) is 3.95. The molecule has 120 valence electrons. The SMILES string of the molecule is CC(=O)Nc1ccc(Cl)c(NC(=O)C(N)C2CCOCC2)c1. The van der Waals surface area contributed by atoms with Crippen LogP contribution in [0, 0.1) is 5.92 Å². The number of anilines is 2. The molecule has 1 aromatic carbocycles. The second-order valence-electron chi connectivity index (χ2n) is 5.34. The number of ether oxygens (including phenoxy) is 1. The summed E-state index contributed by atoms with van der Waals surface area (Å²) < 4.78 is 5.27. The van der Waals surface area contributed by atoms with Crippen molar-refractivity contribution in [2.75, 3.05) is 23.8 Å². The maximum atomic E-state index is 12.3.